The summed E-state index contributed by atoms with van der Waals surface area (Å²) in [6, 6.07) is 13.9. The molecule has 0 aliphatic heterocycles. The zero-order valence-corrected chi connectivity index (χ0v) is 21.7. The van der Waals surface area contributed by atoms with Crippen molar-refractivity contribution < 1.29 is 13.9 Å². The largest absolute Gasteiger partial charge is 0.464 e. The third-order valence-electron chi connectivity index (χ3n) is 7.05. The average Bonchev–Trinajstić information content (AvgIpc) is 3.29. The second-order valence-corrected chi connectivity index (χ2v) is 10.1. The molecule has 2 aromatic carbocycles. The lowest BCUT2D eigenvalue weighted by Crippen LogP contribution is -2.25. The highest BCUT2D eigenvalue weighted by molar-refractivity contribution is 9.10. The van der Waals surface area contributed by atoms with E-state index >= 15 is 0 Å². The molecule has 37 heavy (non-hydrogen) atoms. The van der Waals surface area contributed by atoms with Crippen molar-refractivity contribution in [1.29, 1.82) is 0 Å². The molecule has 1 saturated carbocycles. The van der Waals surface area contributed by atoms with Crippen molar-refractivity contribution in [3.63, 3.8) is 0 Å². The first-order valence-electron chi connectivity index (χ1n) is 12.3. The van der Waals surface area contributed by atoms with Gasteiger partial charge in [-0.2, -0.15) is 0 Å². The van der Waals surface area contributed by atoms with E-state index in [9.17, 15) is 4.79 Å². The van der Waals surface area contributed by atoms with Crippen LogP contribution in [0.2, 0.25) is 0 Å². The van der Waals surface area contributed by atoms with E-state index in [-0.39, 0.29) is 12.0 Å². The van der Waals surface area contributed by atoms with Crippen LogP contribution >= 0.6 is 15.9 Å². The zero-order chi connectivity index (χ0) is 25.4. The number of furan rings is 1. The molecule has 2 unspecified atom stereocenters. The van der Waals surface area contributed by atoms with Gasteiger partial charge in [-0.1, -0.05) is 37.3 Å². The predicted octanol–water partition coefficient (Wildman–Crippen LogP) is 5.92. The fourth-order valence-electron chi connectivity index (χ4n) is 5.11. The van der Waals surface area contributed by atoms with E-state index in [2.05, 4.69) is 59.5 Å². The minimum atomic E-state index is -0.317. The molecule has 2 N–H and O–H groups in total. The lowest BCUT2D eigenvalue weighted by molar-refractivity contribution is -0.134. The average molecular weight is 561 g/mol. The van der Waals surface area contributed by atoms with Gasteiger partial charge in [0.05, 0.1) is 16.5 Å². The predicted molar refractivity (Wildman–Crippen MR) is 141 cm³/mol. The number of hydrogen-bond acceptors (Lipinski definition) is 7. The Morgan fingerprint density at radius 1 is 1.22 bits per heavy atom. The van der Waals surface area contributed by atoms with Crippen LogP contribution in [0.3, 0.4) is 0 Å². The molecule has 1 aliphatic rings. The number of nitrogens with zero attached hydrogens (tertiary/aromatic N) is 4. The molecule has 10 heteroatoms. The van der Waals surface area contributed by atoms with Gasteiger partial charge in [0.2, 0.25) is 0 Å². The van der Waals surface area contributed by atoms with E-state index in [0.717, 1.165) is 62.8 Å². The van der Waals surface area contributed by atoms with Crippen LogP contribution in [0.4, 0.5) is 0 Å². The van der Waals surface area contributed by atoms with E-state index in [1.54, 1.807) is 6.33 Å². The van der Waals surface area contributed by atoms with Crippen LogP contribution in [0, 0.1) is 0 Å². The number of nitrogens with one attached hydrogen (secondary N) is 2. The van der Waals surface area contributed by atoms with Gasteiger partial charge in [-0.15, -0.1) is 5.10 Å². The smallest absolute Gasteiger partial charge is 0.293 e. The Balaban J connectivity index is 1.34. The summed E-state index contributed by atoms with van der Waals surface area (Å²) in [4.78, 5) is 19.4. The summed E-state index contributed by atoms with van der Waals surface area (Å²) in [6.07, 6.45) is 5.17. The maximum absolute atomic E-state index is 11.5. The maximum Gasteiger partial charge on any atom is 0.293 e. The number of tetrazole rings is 1. The minimum absolute atomic E-state index is 0.0322. The van der Waals surface area contributed by atoms with Gasteiger partial charge in [0, 0.05) is 40.5 Å². The molecule has 0 radical (unpaired) electrons. The van der Waals surface area contributed by atoms with Crippen LogP contribution in [0.25, 0.3) is 33.7 Å². The molecule has 0 saturated heterocycles. The summed E-state index contributed by atoms with van der Waals surface area (Å²) in [5, 5.41) is 15.2. The molecule has 3 heterocycles. The number of halogens is 1. The van der Waals surface area contributed by atoms with Gasteiger partial charge < -0.3 is 14.1 Å². The van der Waals surface area contributed by atoms with Crippen LogP contribution in [0.5, 0.6) is 0 Å². The van der Waals surface area contributed by atoms with E-state index in [0.29, 0.717) is 30.4 Å². The van der Waals surface area contributed by atoms with Gasteiger partial charge >= 0.3 is 0 Å². The molecule has 1 aliphatic carbocycles. The summed E-state index contributed by atoms with van der Waals surface area (Å²) in [5.74, 6) is 1.80. The Morgan fingerprint density at radius 2 is 2.05 bits per heavy atom. The van der Waals surface area contributed by atoms with Crippen LogP contribution in [0.15, 0.2) is 57.7 Å². The first kappa shape index (κ1) is 23.6. The number of aromatic nitrogens is 6. The van der Waals surface area contributed by atoms with Crippen LogP contribution in [0.1, 0.15) is 55.0 Å². The van der Waals surface area contributed by atoms with Gasteiger partial charge in [0.25, 0.3) is 6.47 Å². The van der Waals surface area contributed by atoms with Crippen molar-refractivity contribution in [3.05, 3.63) is 70.2 Å². The molecule has 0 bridgehead atoms. The SMILES string of the molecule is CCC(c1[nH]cnc1C1CC1)C(Cc1ccc2oc(-c3ccccc3-c3nnn[nH]3)c(Br)c2c1)OC=O. The molecular formula is C27H25BrN6O3. The fourth-order valence-corrected chi connectivity index (χ4v) is 5.72. The summed E-state index contributed by atoms with van der Waals surface area (Å²) >= 11 is 3.77. The Hall–Kier alpha value is -3.79. The number of carbonyl (C=O) groups is 1. The first-order valence-corrected chi connectivity index (χ1v) is 13.1. The fraction of sp³-hybridized carbons (Fsp3) is 0.296. The van der Waals surface area contributed by atoms with Gasteiger partial charge in [-0.3, -0.25) is 4.79 Å². The van der Waals surface area contributed by atoms with Crippen molar-refractivity contribution in [2.24, 2.45) is 0 Å². The molecule has 5 aromatic rings. The quantitative estimate of drug-likeness (QED) is 0.203. The molecule has 188 valence electrons. The topological polar surface area (TPSA) is 123 Å². The van der Waals surface area contributed by atoms with Crippen molar-refractivity contribution in [1.82, 2.24) is 30.6 Å². The summed E-state index contributed by atoms with van der Waals surface area (Å²) in [5.41, 5.74) is 5.70. The van der Waals surface area contributed by atoms with Gasteiger partial charge in [0.15, 0.2) is 5.82 Å². The number of carbonyl (C=O) groups excluding carboxylic acids is 1. The number of fused-ring (bicyclic) bond motifs is 1. The number of hydrogen-bond donors (Lipinski definition) is 2. The second kappa shape index (κ2) is 9.93. The van der Waals surface area contributed by atoms with Crippen molar-refractivity contribution in [3.8, 4) is 22.7 Å². The summed E-state index contributed by atoms with van der Waals surface area (Å²) in [6.45, 7) is 2.67. The Bertz CT molecular complexity index is 1540. The van der Waals surface area contributed by atoms with Gasteiger partial charge in [-0.05, 0) is 63.3 Å². The molecule has 3 aromatic heterocycles. The van der Waals surface area contributed by atoms with Crippen LogP contribution in [-0.4, -0.2) is 43.2 Å². The molecule has 1 fully saturated rings. The lowest BCUT2D eigenvalue weighted by Gasteiger charge is -2.25. The van der Waals surface area contributed by atoms with Crippen LogP contribution in [-0.2, 0) is 16.0 Å². The molecule has 9 nitrogen and oxygen atoms in total. The minimum Gasteiger partial charge on any atom is -0.464 e. The standard InChI is InChI=1S/C27H25BrN6O3/c1-2-17(25-24(16-8-9-16)29-13-30-25)22(36-14-35)12-15-7-10-21-20(11-15)23(28)26(37-21)18-5-3-4-6-19(18)27-31-33-34-32-27/h3-7,10-11,13-14,16-17,22H,2,8-9,12H2,1H3,(H,29,30)(H,31,32,33,34). The number of ether oxygens (including phenoxy) is 1. The third-order valence-corrected chi connectivity index (χ3v) is 7.84. The van der Waals surface area contributed by atoms with Crippen molar-refractivity contribution in [2.75, 3.05) is 0 Å². The summed E-state index contributed by atoms with van der Waals surface area (Å²) < 4.78 is 12.8. The molecule has 0 amide bonds. The number of H-pyrrole nitrogens is 2. The highest BCUT2D eigenvalue weighted by atomic mass is 79.9. The molecule has 6 rings (SSSR count). The number of benzene rings is 2. The number of imidazole rings is 1. The van der Waals surface area contributed by atoms with Crippen molar-refractivity contribution >= 4 is 33.4 Å². The monoisotopic (exact) mass is 560 g/mol. The highest BCUT2D eigenvalue weighted by Crippen LogP contribution is 2.44. The molecular weight excluding hydrogens is 536 g/mol. The number of aromatic amines is 2. The molecule has 2 atom stereocenters. The third kappa shape index (κ3) is 4.46. The van der Waals surface area contributed by atoms with E-state index in [1.807, 2.05) is 36.4 Å². The van der Waals surface area contributed by atoms with Crippen molar-refractivity contribution in [2.45, 2.75) is 50.5 Å². The summed E-state index contributed by atoms with van der Waals surface area (Å²) in [7, 11) is 0. The number of rotatable bonds is 10. The van der Waals surface area contributed by atoms with E-state index < -0.39 is 0 Å². The Kier molecular flexibility index (Phi) is 6.33. The van der Waals surface area contributed by atoms with Gasteiger partial charge in [-0.25, -0.2) is 10.1 Å². The highest BCUT2D eigenvalue weighted by Gasteiger charge is 2.34. The van der Waals surface area contributed by atoms with E-state index in [1.165, 1.54) is 0 Å². The van der Waals surface area contributed by atoms with Gasteiger partial charge in [0.1, 0.15) is 17.4 Å². The normalized spacial score (nSPS) is 15.1. The molecule has 0 spiro atoms. The maximum atomic E-state index is 11.5. The first-order chi connectivity index (χ1) is 18.2. The second-order valence-electron chi connectivity index (χ2n) is 9.34. The Morgan fingerprint density at radius 3 is 2.78 bits per heavy atom. The Labute approximate surface area is 221 Å². The lowest BCUT2D eigenvalue weighted by atomic mass is 9.89. The zero-order valence-electron chi connectivity index (χ0n) is 20.1. The van der Waals surface area contributed by atoms with E-state index in [4.69, 9.17) is 9.15 Å². The van der Waals surface area contributed by atoms with Crippen LogP contribution < -0.4 is 0 Å².